The van der Waals surface area contributed by atoms with Crippen molar-refractivity contribution in [2.45, 2.75) is 27.3 Å². The standard InChI is InChI=1S/C16H19N3O2/c1-10-5-7-13(8-6-10)9-17-16(21)15(20)14-11(2)18-19(4)12(14)3/h5-8H,9H2,1-4H3,(H,17,21). The molecular formula is C16H19N3O2. The number of nitrogens with one attached hydrogen (secondary N) is 1. The van der Waals surface area contributed by atoms with Gasteiger partial charge < -0.3 is 5.32 Å². The first-order valence-corrected chi connectivity index (χ1v) is 6.78. The third-order valence-corrected chi connectivity index (χ3v) is 3.52. The normalized spacial score (nSPS) is 10.5. The summed E-state index contributed by atoms with van der Waals surface area (Å²) in [5.74, 6) is -1.14. The van der Waals surface area contributed by atoms with Gasteiger partial charge in [0.15, 0.2) is 0 Å². The van der Waals surface area contributed by atoms with E-state index in [4.69, 9.17) is 0 Å². The molecule has 0 bridgehead atoms. The number of rotatable bonds is 4. The first-order chi connectivity index (χ1) is 9.90. The van der Waals surface area contributed by atoms with E-state index in [1.54, 1.807) is 25.6 Å². The van der Waals surface area contributed by atoms with Gasteiger partial charge in [-0.1, -0.05) is 29.8 Å². The molecule has 1 N–H and O–H groups in total. The van der Waals surface area contributed by atoms with Gasteiger partial charge in [-0.2, -0.15) is 5.10 Å². The molecule has 0 radical (unpaired) electrons. The van der Waals surface area contributed by atoms with E-state index in [1.807, 2.05) is 31.2 Å². The Morgan fingerprint density at radius 1 is 1.14 bits per heavy atom. The zero-order chi connectivity index (χ0) is 15.6. The molecule has 5 nitrogen and oxygen atoms in total. The first kappa shape index (κ1) is 15.0. The van der Waals surface area contributed by atoms with Crippen LogP contribution in [0.4, 0.5) is 0 Å². The Balaban J connectivity index is 2.06. The van der Waals surface area contributed by atoms with Gasteiger partial charge in [0.1, 0.15) is 0 Å². The van der Waals surface area contributed by atoms with Crippen molar-refractivity contribution in [3.05, 3.63) is 52.3 Å². The largest absolute Gasteiger partial charge is 0.345 e. The molecule has 0 fully saturated rings. The van der Waals surface area contributed by atoms with Gasteiger partial charge >= 0.3 is 0 Å². The van der Waals surface area contributed by atoms with Gasteiger partial charge in [-0.3, -0.25) is 14.3 Å². The van der Waals surface area contributed by atoms with Crippen molar-refractivity contribution in [1.29, 1.82) is 0 Å². The number of carbonyl (C=O) groups excluding carboxylic acids is 2. The maximum atomic E-state index is 12.2. The second-order valence-electron chi connectivity index (χ2n) is 5.17. The minimum Gasteiger partial charge on any atom is -0.345 e. The minimum absolute atomic E-state index is 0.337. The summed E-state index contributed by atoms with van der Waals surface area (Å²) in [6.07, 6.45) is 0. The van der Waals surface area contributed by atoms with Crippen LogP contribution in [0.15, 0.2) is 24.3 Å². The highest BCUT2D eigenvalue weighted by Gasteiger charge is 2.23. The summed E-state index contributed by atoms with van der Waals surface area (Å²) >= 11 is 0. The van der Waals surface area contributed by atoms with E-state index in [-0.39, 0.29) is 0 Å². The number of ketones is 1. The van der Waals surface area contributed by atoms with Crippen molar-refractivity contribution < 1.29 is 9.59 Å². The summed E-state index contributed by atoms with van der Waals surface area (Å²) in [5, 5.41) is 6.81. The lowest BCUT2D eigenvalue weighted by molar-refractivity contribution is -0.117. The lowest BCUT2D eigenvalue weighted by atomic mass is 10.1. The van der Waals surface area contributed by atoms with E-state index in [9.17, 15) is 9.59 Å². The summed E-state index contributed by atoms with van der Waals surface area (Å²) in [7, 11) is 1.75. The molecule has 5 heteroatoms. The monoisotopic (exact) mass is 285 g/mol. The van der Waals surface area contributed by atoms with Gasteiger partial charge in [0, 0.05) is 19.3 Å². The fourth-order valence-corrected chi connectivity index (χ4v) is 2.18. The van der Waals surface area contributed by atoms with E-state index in [0.717, 1.165) is 11.1 Å². The number of hydrogen-bond donors (Lipinski definition) is 1. The predicted molar refractivity (Wildman–Crippen MR) is 80.0 cm³/mol. The molecule has 0 aliphatic heterocycles. The summed E-state index contributed by atoms with van der Waals surface area (Å²) in [6.45, 7) is 5.84. The number of nitrogens with zero attached hydrogens (tertiary/aromatic N) is 2. The number of aryl methyl sites for hydroxylation is 3. The lowest BCUT2D eigenvalue weighted by Crippen LogP contribution is -2.31. The van der Waals surface area contributed by atoms with E-state index < -0.39 is 11.7 Å². The molecular weight excluding hydrogens is 266 g/mol. The van der Waals surface area contributed by atoms with Crippen LogP contribution in [0.25, 0.3) is 0 Å². The molecule has 0 spiro atoms. The second kappa shape index (κ2) is 5.91. The van der Waals surface area contributed by atoms with Gasteiger partial charge in [0.2, 0.25) is 0 Å². The van der Waals surface area contributed by atoms with Crippen molar-refractivity contribution in [2.24, 2.45) is 7.05 Å². The summed E-state index contributed by atoms with van der Waals surface area (Å²) < 4.78 is 1.61. The number of amides is 1. The van der Waals surface area contributed by atoms with E-state index in [2.05, 4.69) is 10.4 Å². The van der Waals surface area contributed by atoms with E-state index >= 15 is 0 Å². The average molecular weight is 285 g/mol. The predicted octanol–water partition coefficient (Wildman–Crippen LogP) is 1.84. The van der Waals surface area contributed by atoms with Crippen LogP contribution in [-0.2, 0) is 18.4 Å². The SMILES string of the molecule is Cc1ccc(CNC(=O)C(=O)c2c(C)nn(C)c2C)cc1. The molecule has 0 saturated heterocycles. The lowest BCUT2D eigenvalue weighted by Gasteiger charge is -2.05. The van der Waals surface area contributed by atoms with E-state index in [0.29, 0.717) is 23.5 Å². The maximum absolute atomic E-state index is 12.2. The van der Waals surface area contributed by atoms with Crippen LogP contribution < -0.4 is 5.32 Å². The Morgan fingerprint density at radius 2 is 1.76 bits per heavy atom. The molecule has 0 aliphatic carbocycles. The topological polar surface area (TPSA) is 64.0 Å². The van der Waals surface area contributed by atoms with Crippen LogP contribution in [0, 0.1) is 20.8 Å². The van der Waals surface area contributed by atoms with Crippen LogP contribution in [0.3, 0.4) is 0 Å². The highest BCUT2D eigenvalue weighted by Crippen LogP contribution is 2.12. The van der Waals surface area contributed by atoms with Crippen LogP contribution in [-0.4, -0.2) is 21.5 Å². The van der Waals surface area contributed by atoms with Crippen molar-refractivity contribution in [2.75, 3.05) is 0 Å². The average Bonchev–Trinajstić information content (AvgIpc) is 2.70. The maximum Gasteiger partial charge on any atom is 0.292 e. The molecule has 1 aromatic carbocycles. The van der Waals surface area contributed by atoms with Crippen LogP contribution in [0.5, 0.6) is 0 Å². The van der Waals surface area contributed by atoms with Gasteiger partial charge in [-0.25, -0.2) is 0 Å². The van der Waals surface area contributed by atoms with Crippen LogP contribution in [0.2, 0.25) is 0 Å². The third-order valence-electron chi connectivity index (χ3n) is 3.52. The number of Topliss-reactive ketones (excluding diaryl/α,β-unsaturated/α-hetero) is 1. The molecule has 2 rings (SSSR count). The Kier molecular flexibility index (Phi) is 4.21. The highest BCUT2D eigenvalue weighted by atomic mass is 16.2. The number of hydrogen-bond acceptors (Lipinski definition) is 3. The smallest absolute Gasteiger partial charge is 0.292 e. The molecule has 1 heterocycles. The Hall–Kier alpha value is -2.43. The highest BCUT2D eigenvalue weighted by molar-refractivity contribution is 6.43. The van der Waals surface area contributed by atoms with Crippen molar-refractivity contribution in [3.63, 3.8) is 0 Å². The summed E-state index contributed by atoms with van der Waals surface area (Å²) in [6, 6.07) is 7.80. The Labute approximate surface area is 124 Å². The van der Waals surface area contributed by atoms with Crippen LogP contribution in [0.1, 0.15) is 32.9 Å². The molecule has 0 unspecified atom stereocenters. The third kappa shape index (κ3) is 3.18. The number of carbonyl (C=O) groups is 2. The first-order valence-electron chi connectivity index (χ1n) is 6.78. The Morgan fingerprint density at radius 3 is 2.29 bits per heavy atom. The summed E-state index contributed by atoms with van der Waals surface area (Å²) in [4.78, 5) is 24.2. The van der Waals surface area contributed by atoms with Crippen molar-refractivity contribution in [3.8, 4) is 0 Å². The molecule has 0 saturated carbocycles. The molecule has 2 aromatic rings. The van der Waals surface area contributed by atoms with Gasteiger partial charge in [0.05, 0.1) is 11.3 Å². The van der Waals surface area contributed by atoms with Gasteiger partial charge in [-0.15, -0.1) is 0 Å². The molecule has 0 aliphatic rings. The van der Waals surface area contributed by atoms with Crippen molar-refractivity contribution >= 4 is 11.7 Å². The summed E-state index contributed by atoms with van der Waals surface area (Å²) in [5.41, 5.74) is 3.77. The van der Waals surface area contributed by atoms with Gasteiger partial charge in [-0.05, 0) is 26.3 Å². The van der Waals surface area contributed by atoms with Gasteiger partial charge in [0.25, 0.3) is 11.7 Å². The number of aromatic nitrogens is 2. The molecule has 1 amide bonds. The number of benzene rings is 1. The zero-order valence-electron chi connectivity index (χ0n) is 12.7. The quantitative estimate of drug-likeness (QED) is 0.688. The zero-order valence-corrected chi connectivity index (χ0v) is 12.7. The minimum atomic E-state index is -0.602. The van der Waals surface area contributed by atoms with Crippen LogP contribution >= 0.6 is 0 Å². The molecule has 110 valence electrons. The molecule has 21 heavy (non-hydrogen) atoms. The Bertz CT molecular complexity index is 684. The van der Waals surface area contributed by atoms with Crippen molar-refractivity contribution in [1.82, 2.24) is 15.1 Å². The fourth-order valence-electron chi connectivity index (χ4n) is 2.18. The second-order valence-corrected chi connectivity index (χ2v) is 5.17. The molecule has 0 atom stereocenters. The fraction of sp³-hybridized carbons (Fsp3) is 0.312. The molecule has 1 aromatic heterocycles. The van der Waals surface area contributed by atoms with E-state index in [1.165, 1.54) is 0 Å².